The molecule has 2 aromatic heterocycles. The zero-order chi connectivity index (χ0) is 22.8. The number of hydrogen-bond donors (Lipinski definition) is 0. The molecule has 0 saturated carbocycles. The maximum Gasteiger partial charge on any atom is 0.218 e. The standard InChI is InChI=1S/C25H25Cl2N5O/c1-2-30-11-13-31(14-12-30)21-7-4-18(5-8-21)23-16-25(32-24(29-23)9-10-28-32)33-17-19-3-6-20(26)15-22(19)27/h3-10,15-16H,2,11-14,17H2,1H3. The Morgan fingerprint density at radius 2 is 1.73 bits per heavy atom. The lowest BCUT2D eigenvalue weighted by Gasteiger charge is -2.35. The monoisotopic (exact) mass is 481 g/mol. The molecular formula is C25H25Cl2N5O. The SMILES string of the molecule is CCN1CCN(c2ccc(-c3cc(OCc4ccc(Cl)cc4Cl)n4nccc4n3)cc2)CC1. The van der Waals surface area contributed by atoms with Crippen LogP contribution in [0.3, 0.4) is 0 Å². The van der Waals surface area contributed by atoms with Crippen molar-refractivity contribution in [3.63, 3.8) is 0 Å². The van der Waals surface area contributed by atoms with Crippen molar-refractivity contribution in [2.75, 3.05) is 37.6 Å². The van der Waals surface area contributed by atoms with Crippen LogP contribution in [0.1, 0.15) is 12.5 Å². The van der Waals surface area contributed by atoms with Crippen LogP contribution in [0.2, 0.25) is 10.0 Å². The van der Waals surface area contributed by atoms with Gasteiger partial charge in [-0.3, -0.25) is 0 Å². The highest BCUT2D eigenvalue weighted by atomic mass is 35.5. The number of likely N-dealkylation sites (N-methyl/N-ethyl adjacent to an activating group) is 1. The Morgan fingerprint density at radius 3 is 2.45 bits per heavy atom. The van der Waals surface area contributed by atoms with Gasteiger partial charge in [0.1, 0.15) is 6.61 Å². The van der Waals surface area contributed by atoms with Crippen LogP contribution in [0.25, 0.3) is 16.9 Å². The minimum absolute atomic E-state index is 0.303. The molecule has 1 fully saturated rings. The molecule has 4 aromatic rings. The van der Waals surface area contributed by atoms with Crippen LogP contribution in [-0.4, -0.2) is 52.2 Å². The smallest absolute Gasteiger partial charge is 0.218 e. The van der Waals surface area contributed by atoms with E-state index in [-0.39, 0.29) is 0 Å². The van der Waals surface area contributed by atoms with E-state index >= 15 is 0 Å². The largest absolute Gasteiger partial charge is 0.473 e. The normalized spacial score (nSPS) is 14.7. The number of nitrogens with zero attached hydrogens (tertiary/aromatic N) is 5. The summed E-state index contributed by atoms with van der Waals surface area (Å²) < 4.78 is 7.80. The average Bonchev–Trinajstić information content (AvgIpc) is 3.32. The van der Waals surface area contributed by atoms with Gasteiger partial charge in [0, 0.05) is 65.2 Å². The molecule has 6 nitrogen and oxygen atoms in total. The number of rotatable bonds is 6. The second kappa shape index (κ2) is 9.59. The Hall–Kier alpha value is -2.80. The summed E-state index contributed by atoms with van der Waals surface area (Å²) >= 11 is 12.3. The van der Waals surface area contributed by atoms with Gasteiger partial charge in [-0.05, 0) is 30.8 Å². The van der Waals surface area contributed by atoms with E-state index in [4.69, 9.17) is 32.9 Å². The molecule has 1 saturated heterocycles. The first kappa shape index (κ1) is 22.0. The fraction of sp³-hybridized carbons (Fsp3) is 0.280. The van der Waals surface area contributed by atoms with Crippen LogP contribution in [0, 0.1) is 0 Å². The number of benzene rings is 2. The molecule has 0 bridgehead atoms. The zero-order valence-corrected chi connectivity index (χ0v) is 19.9. The van der Waals surface area contributed by atoms with Gasteiger partial charge in [-0.1, -0.05) is 48.3 Å². The van der Waals surface area contributed by atoms with Gasteiger partial charge in [0.2, 0.25) is 5.88 Å². The minimum atomic E-state index is 0.303. The fourth-order valence-electron chi connectivity index (χ4n) is 4.09. The Morgan fingerprint density at radius 1 is 0.939 bits per heavy atom. The summed E-state index contributed by atoms with van der Waals surface area (Å²) in [5, 5.41) is 5.53. The van der Waals surface area contributed by atoms with Crippen molar-refractivity contribution in [1.82, 2.24) is 19.5 Å². The van der Waals surface area contributed by atoms with E-state index < -0.39 is 0 Å². The number of hydrogen-bond acceptors (Lipinski definition) is 5. The van der Waals surface area contributed by atoms with Gasteiger partial charge in [0.05, 0.1) is 11.9 Å². The van der Waals surface area contributed by atoms with Crippen molar-refractivity contribution in [3.8, 4) is 17.1 Å². The number of anilines is 1. The molecule has 0 radical (unpaired) electrons. The van der Waals surface area contributed by atoms with Crippen LogP contribution in [-0.2, 0) is 6.61 Å². The molecule has 0 unspecified atom stereocenters. The molecule has 8 heteroatoms. The van der Waals surface area contributed by atoms with Crippen LogP contribution in [0.15, 0.2) is 60.8 Å². The van der Waals surface area contributed by atoms with Gasteiger partial charge in [0.25, 0.3) is 0 Å². The molecule has 170 valence electrons. The van der Waals surface area contributed by atoms with Gasteiger partial charge < -0.3 is 14.5 Å². The highest BCUT2D eigenvalue weighted by molar-refractivity contribution is 6.35. The summed E-state index contributed by atoms with van der Waals surface area (Å²) in [6.07, 6.45) is 1.72. The van der Waals surface area contributed by atoms with Gasteiger partial charge in [-0.15, -0.1) is 0 Å². The summed E-state index contributed by atoms with van der Waals surface area (Å²) in [5.41, 5.74) is 4.69. The predicted molar refractivity (Wildman–Crippen MR) is 134 cm³/mol. The number of ether oxygens (including phenoxy) is 1. The third kappa shape index (κ3) is 4.78. The van der Waals surface area contributed by atoms with E-state index in [1.807, 2.05) is 18.2 Å². The second-order valence-electron chi connectivity index (χ2n) is 8.07. The molecule has 0 N–H and O–H groups in total. The van der Waals surface area contributed by atoms with Crippen LogP contribution >= 0.6 is 23.2 Å². The van der Waals surface area contributed by atoms with E-state index in [1.165, 1.54) is 5.69 Å². The summed E-state index contributed by atoms with van der Waals surface area (Å²) in [6, 6.07) is 17.8. The molecule has 2 aromatic carbocycles. The van der Waals surface area contributed by atoms with E-state index in [9.17, 15) is 0 Å². The average molecular weight is 482 g/mol. The molecule has 5 rings (SSSR count). The van der Waals surface area contributed by atoms with E-state index in [2.05, 4.69) is 46.1 Å². The molecular weight excluding hydrogens is 457 g/mol. The first-order valence-electron chi connectivity index (χ1n) is 11.1. The van der Waals surface area contributed by atoms with Gasteiger partial charge in [-0.2, -0.15) is 9.61 Å². The lowest BCUT2D eigenvalue weighted by molar-refractivity contribution is 0.271. The fourth-order valence-corrected chi connectivity index (χ4v) is 4.55. The topological polar surface area (TPSA) is 45.9 Å². The molecule has 3 heterocycles. The Kier molecular flexibility index (Phi) is 6.40. The highest BCUT2D eigenvalue weighted by Gasteiger charge is 2.16. The predicted octanol–water partition coefficient (Wildman–Crippen LogP) is 5.42. The Labute approximate surface area is 203 Å². The first-order valence-corrected chi connectivity index (χ1v) is 11.9. The molecule has 0 aliphatic carbocycles. The number of aromatic nitrogens is 3. The summed E-state index contributed by atoms with van der Waals surface area (Å²) in [5.74, 6) is 0.603. The van der Waals surface area contributed by atoms with Crippen LogP contribution in [0.4, 0.5) is 5.69 Å². The molecule has 1 aliphatic rings. The third-order valence-corrected chi connectivity index (χ3v) is 6.65. The van der Waals surface area contributed by atoms with E-state index in [0.717, 1.165) is 55.2 Å². The molecule has 0 amide bonds. The van der Waals surface area contributed by atoms with Crippen molar-refractivity contribution >= 4 is 34.5 Å². The second-order valence-corrected chi connectivity index (χ2v) is 8.92. The van der Waals surface area contributed by atoms with Crippen molar-refractivity contribution < 1.29 is 4.74 Å². The minimum Gasteiger partial charge on any atom is -0.473 e. The molecule has 33 heavy (non-hydrogen) atoms. The Bertz CT molecular complexity index is 1250. The van der Waals surface area contributed by atoms with Gasteiger partial charge in [-0.25, -0.2) is 4.98 Å². The van der Waals surface area contributed by atoms with Crippen LogP contribution in [0.5, 0.6) is 5.88 Å². The van der Waals surface area contributed by atoms with Gasteiger partial charge in [0.15, 0.2) is 5.65 Å². The van der Waals surface area contributed by atoms with Crippen molar-refractivity contribution in [2.24, 2.45) is 0 Å². The van der Waals surface area contributed by atoms with Gasteiger partial charge >= 0.3 is 0 Å². The number of halogens is 2. The maximum absolute atomic E-state index is 6.31. The highest BCUT2D eigenvalue weighted by Crippen LogP contribution is 2.28. The first-order chi connectivity index (χ1) is 16.1. The zero-order valence-electron chi connectivity index (χ0n) is 18.4. The molecule has 0 spiro atoms. The molecule has 0 atom stereocenters. The summed E-state index contributed by atoms with van der Waals surface area (Å²) in [7, 11) is 0. The Balaban J connectivity index is 1.37. The quantitative estimate of drug-likeness (QED) is 0.367. The van der Waals surface area contributed by atoms with E-state index in [1.54, 1.807) is 22.8 Å². The third-order valence-electron chi connectivity index (χ3n) is 6.07. The van der Waals surface area contributed by atoms with Crippen molar-refractivity contribution in [3.05, 3.63) is 76.4 Å². The van der Waals surface area contributed by atoms with Crippen molar-refractivity contribution in [2.45, 2.75) is 13.5 Å². The summed E-state index contributed by atoms with van der Waals surface area (Å²) in [4.78, 5) is 9.69. The maximum atomic E-state index is 6.31. The number of fused-ring (bicyclic) bond motifs is 1. The van der Waals surface area contributed by atoms with Crippen molar-refractivity contribution in [1.29, 1.82) is 0 Å². The lowest BCUT2D eigenvalue weighted by atomic mass is 10.1. The molecule has 1 aliphatic heterocycles. The summed E-state index contributed by atoms with van der Waals surface area (Å²) in [6.45, 7) is 7.96. The number of piperazine rings is 1. The lowest BCUT2D eigenvalue weighted by Crippen LogP contribution is -2.46. The van der Waals surface area contributed by atoms with E-state index in [0.29, 0.717) is 22.5 Å². The van der Waals surface area contributed by atoms with Crippen LogP contribution < -0.4 is 9.64 Å².